The maximum atomic E-state index is 13.0. The van der Waals surface area contributed by atoms with Gasteiger partial charge in [0.15, 0.2) is 0 Å². The molecule has 168 valence electrons. The highest BCUT2D eigenvalue weighted by atomic mass is 32.2. The first-order valence-electron chi connectivity index (χ1n) is 10.2. The summed E-state index contributed by atoms with van der Waals surface area (Å²) < 4.78 is 38.2. The number of nitrogens with one attached hydrogen (secondary N) is 1. The van der Waals surface area contributed by atoms with Crippen molar-refractivity contribution in [1.29, 1.82) is 0 Å². The third kappa shape index (κ3) is 5.66. The molecule has 1 N–H and O–H groups in total. The average Bonchev–Trinajstić information content (AvgIpc) is 2.82. The summed E-state index contributed by atoms with van der Waals surface area (Å²) in [4.78, 5) is 12.9. The van der Waals surface area contributed by atoms with E-state index in [0.29, 0.717) is 42.5 Å². The number of benzene rings is 3. The zero-order valence-corrected chi connectivity index (χ0v) is 18.8. The van der Waals surface area contributed by atoms with Gasteiger partial charge in [-0.3, -0.25) is 9.10 Å². The second-order valence-electron chi connectivity index (χ2n) is 6.83. The molecule has 0 atom stereocenters. The molecule has 0 heterocycles. The topological polar surface area (TPSA) is 84.9 Å². The molecular weight excluding hydrogens is 428 g/mol. The molecule has 3 aromatic rings. The number of sulfonamides is 1. The third-order valence-electron chi connectivity index (χ3n) is 4.69. The summed E-state index contributed by atoms with van der Waals surface area (Å²) >= 11 is 0. The number of hydrogen-bond donors (Lipinski definition) is 1. The first kappa shape index (κ1) is 23.3. The summed E-state index contributed by atoms with van der Waals surface area (Å²) in [6.45, 7) is 3.22. The van der Waals surface area contributed by atoms with Crippen LogP contribution in [0.2, 0.25) is 0 Å². The van der Waals surface area contributed by atoms with Crippen molar-refractivity contribution in [3.63, 3.8) is 0 Å². The number of hydrogen-bond acceptors (Lipinski definition) is 5. The summed E-state index contributed by atoms with van der Waals surface area (Å²) in [6, 6.07) is 21.8. The van der Waals surface area contributed by atoms with Crippen LogP contribution < -0.4 is 14.4 Å². The van der Waals surface area contributed by atoms with Gasteiger partial charge >= 0.3 is 0 Å². The van der Waals surface area contributed by atoms with E-state index in [9.17, 15) is 13.2 Å². The molecule has 3 aromatic carbocycles. The molecule has 0 saturated carbocycles. The molecule has 7 nitrogen and oxygen atoms in total. The Balaban J connectivity index is 1.77. The van der Waals surface area contributed by atoms with Crippen molar-refractivity contribution in [2.24, 2.45) is 0 Å². The summed E-state index contributed by atoms with van der Waals surface area (Å²) in [5.41, 5.74) is 1.25. The molecule has 0 fully saturated rings. The Morgan fingerprint density at radius 3 is 2.41 bits per heavy atom. The van der Waals surface area contributed by atoms with Crippen molar-refractivity contribution in [2.45, 2.75) is 11.8 Å². The zero-order chi connectivity index (χ0) is 23.0. The van der Waals surface area contributed by atoms with Gasteiger partial charge in [-0.05, 0) is 49.4 Å². The van der Waals surface area contributed by atoms with E-state index in [1.165, 1.54) is 23.5 Å². The molecule has 1 amide bonds. The van der Waals surface area contributed by atoms with Crippen molar-refractivity contribution in [3.05, 3.63) is 84.4 Å². The van der Waals surface area contributed by atoms with Crippen LogP contribution in [0.5, 0.6) is 5.75 Å². The van der Waals surface area contributed by atoms with Crippen molar-refractivity contribution >= 4 is 27.3 Å². The molecule has 0 aliphatic carbocycles. The fourth-order valence-corrected chi connectivity index (χ4v) is 4.24. The van der Waals surface area contributed by atoms with E-state index >= 15 is 0 Å². The van der Waals surface area contributed by atoms with Gasteiger partial charge in [0, 0.05) is 19.3 Å². The van der Waals surface area contributed by atoms with Crippen molar-refractivity contribution in [3.8, 4) is 5.75 Å². The van der Waals surface area contributed by atoms with E-state index in [1.54, 1.807) is 60.7 Å². The minimum absolute atomic E-state index is 0.0721. The lowest BCUT2D eigenvalue weighted by atomic mass is 10.2. The molecule has 0 aromatic heterocycles. The molecule has 3 rings (SSSR count). The lowest BCUT2D eigenvalue weighted by Crippen LogP contribution is -2.26. The smallest absolute Gasteiger partial charge is 0.264 e. The highest BCUT2D eigenvalue weighted by molar-refractivity contribution is 7.92. The normalized spacial score (nSPS) is 11.1. The van der Waals surface area contributed by atoms with E-state index in [2.05, 4.69) is 5.32 Å². The van der Waals surface area contributed by atoms with E-state index in [-0.39, 0.29) is 4.90 Å². The summed E-state index contributed by atoms with van der Waals surface area (Å²) in [5, 5.41) is 2.76. The maximum absolute atomic E-state index is 13.0. The van der Waals surface area contributed by atoms with Gasteiger partial charge in [0.25, 0.3) is 15.9 Å². The molecule has 0 aliphatic heterocycles. The van der Waals surface area contributed by atoms with Crippen LogP contribution in [0, 0.1) is 0 Å². The number of rotatable bonds is 10. The monoisotopic (exact) mass is 454 g/mol. The molecule has 32 heavy (non-hydrogen) atoms. The first-order valence-corrected chi connectivity index (χ1v) is 11.6. The Morgan fingerprint density at radius 1 is 0.938 bits per heavy atom. The number of para-hydroxylation sites is 2. The number of ether oxygens (including phenoxy) is 2. The Hall–Kier alpha value is -3.36. The predicted octanol–water partition coefficient (Wildman–Crippen LogP) is 4.18. The highest BCUT2D eigenvalue weighted by Gasteiger charge is 2.22. The number of carbonyl (C=O) groups excluding carboxylic acids is 1. The first-order chi connectivity index (χ1) is 15.4. The standard InChI is InChI=1S/C24H26N2O5S/c1-3-30-16-17-31-23-15-8-7-14-22(23)24(27)25-19-10-9-13-21(18-19)32(28,29)26(2)20-11-5-4-6-12-20/h4-15,18H,3,16-17H2,1-2H3,(H,25,27). The van der Waals surface area contributed by atoms with E-state index in [4.69, 9.17) is 9.47 Å². The lowest BCUT2D eigenvalue weighted by Gasteiger charge is -2.20. The van der Waals surface area contributed by atoms with E-state index < -0.39 is 15.9 Å². The van der Waals surface area contributed by atoms with Crippen LogP contribution in [-0.2, 0) is 14.8 Å². The number of amides is 1. The Morgan fingerprint density at radius 2 is 1.66 bits per heavy atom. The Kier molecular flexibility index (Phi) is 7.86. The molecule has 8 heteroatoms. The highest BCUT2D eigenvalue weighted by Crippen LogP contribution is 2.25. The Labute approximate surface area is 188 Å². The summed E-state index contributed by atoms with van der Waals surface area (Å²) in [5.74, 6) is 0.0280. The van der Waals surface area contributed by atoms with E-state index in [1.807, 2.05) is 13.0 Å². The van der Waals surface area contributed by atoms with Gasteiger partial charge in [0.05, 0.1) is 22.8 Å². The Bertz CT molecular complexity index is 1150. The van der Waals surface area contributed by atoms with Crippen LogP contribution in [0.4, 0.5) is 11.4 Å². The average molecular weight is 455 g/mol. The number of carbonyl (C=O) groups is 1. The van der Waals surface area contributed by atoms with Gasteiger partial charge in [-0.1, -0.05) is 36.4 Å². The third-order valence-corrected chi connectivity index (χ3v) is 6.47. The molecule has 0 bridgehead atoms. The van der Waals surface area contributed by atoms with Gasteiger partial charge in [0.1, 0.15) is 12.4 Å². The van der Waals surface area contributed by atoms with Crippen LogP contribution in [0.1, 0.15) is 17.3 Å². The molecule has 0 unspecified atom stereocenters. The SMILES string of the molecule is CCOCCOc1ccccc1C(=O)Nc1cccc(S(=O)(=O)N(C)c2ccccc2)c1. The molecule has 0 spiro atoms. The molecule has 0 radical (unpaired) electrons. The van der Waals surface area contributed by atoms with Crippen LogP contribution >= 0.6 is 0 Å². The van der Waals surface area contributed by atoms with Gasteiger partial charge in [0.2, 0.25) is 0 Å². The quantitative estimate of drug-likeness (QED) is 0.465. The van der Waals surface area contributed by atoms with Crippen LogP contribution in [0.25, 0.3) is 0 Å². The second kappa shape index (κ2) is 10.8. The minimum atomic E-state index is -3.80. The largest absolute Gasteiger partial charge is 0.490 e. The maximum Gasteiger partial charge on any atom is 0.264 e. The summed E-state index contributed by atoms with van der Waals surface area (Å²) in [6.07, 6.45) is 0. The van der Waals surface area contributed by atoms with E-state index in [0.717, 1.165) is 0 Å². The van der Waals surface area contributed by atoms with Crippen molar-refractivity contribution in [1.82, 2.24) is 0 Å². The van der Waals surface area contributed by atoms with Crippen LogP contribution in [-0.4, -0.2) is 41.2 Å². The van der Waals surface area contributed by atoms with Gasteiger partial charge in [-0.25, -0.2) is 8.42 Å². The van der Waals surface area contributed by atoms with Crippen LogP contribution in [0.3, 0.4) is 0 Å². The van der Waals surface area contributed by atoms with Crippen molar-refractivity contribution in [2.75, 3.05) is 36.5 Å². The van der Waals surface area contributed by atoms with Crippen molar-refractivity contribution < 1.29 is 22.7 Å². The van der Waals surface area contributed by atoms with Gasteiger partial charge in [-0.15, -0.1) is 0 Å². The summed E-state index contributed by atoms with van der Waals surface area (Å²) in [7, 11) is -2.31. The lowest BCUT2D eigenvalue weighted by molar-refractivity contribution is 0.0998. The fourth-order valence-electron chi connectivity index (χ4n) is 3.00. The fraction of sp³-hybridized carbons (Fsp3) is 0.208. The molecule has 0 saturated heterocycles. The molecular formula is C24H26N2O5S. The van der Waals surface area contributed by atoms with Gasteiger partial charge < -0.3 is 14.8 Å². The molecule has 0 aliphatic rings. The number of anilines is 2. The minimum Gasteiger partial charge on any atom is -0.490 e. The zero-order valence-electron chi connectivity index (χ0n) is 18.0. The second-order valence-corrected chi connectivity index (χ2v) is 8.80. The number of nitrogens with zero attached hydrogens (tertiary/aromatic N) is 1. The predicted molar refractivity (Wildman–Crippen MR) is 125 cm³/mol. The van der Waals surface area contributed by atoms with Gasteiger partial charge in [-0.2, -0.15) is 0 Å². The van der Waals surface area contributed by atoms with Crippen LogP contribution in [0.15, 0.2) is 83.8 Å².